The standard InChI is InChI=1S/C11H12ClFO/c12-11-9(6-14)8-4-2-1-3-7(8)5-10(11)13/h5,14H,1-4,6H2. The number of aliphatic hydroxyl groups excluding tert-OH is 1. The zero-order chi connectivity index (χ0) is 10.1. The molecule has 0 fully saturated rings. The average molecular weight is 215 g/mol. The molecule has 0 saturated heterocycles. The van der Waals surface area contributed by atoms with Gasteiger partial charge < -0.3 is 5.11 Å². The van der Waals surface area contributed by atoms with E-state index in [2.05, 4.69) is 0 Å². The van der Waals surface area contributed by atoms with E-state index < -0.39 is 5.82 Å². The van der Waals surface area contributed by atoms with Gasteiger partial charge in [0.1, 0.15) is 5.82 Å². The first-order valence-corrected chi connectivity index (χ1v) is 5.21. The molecule has 1 aromatic carbocycles. The van der Waals surface area contributed by atoms with Crippen LogP contribution in [0.5, 0.6) is 0 Å². The molecule has 14 heavy (non-hydrogen) atoms. The Balaban J connectivity index is 2.60. The third kappa shape index (κ3) is 1.53. The second-order valence-corrected chi connectivity index (χ2v) is 4.03. The van der Waals surface area contributed by atoms with Crippen molar-refractivity contribution < 1.29 is 9.50 Å². The maximum absolute atomic E-state index is 13.3. The molecule has 0 radical (unpaired) electrons. The minimum Gasteiger partial charge on any atom is -0.392 e. The lowest BCUT2D eigenvalue weighted by molar-refractivity contribution is 0.279. The first-order valence-electron chi connectivity index (χ1n) is 4.83. The third-order valence-electron chi connectivity index (χ3n) is 2.81. The van der Waals surface area contributed by atoms with Crippen LogP contribution in [0.2, 0.25) is 5.02 Å². The number of aryl methyl sites for hydroxylation is 1. The van der Waals surface area contributed by atoms with Gasteiger partial charge in [0.05, 0.1) is 11.6 Å². The van der Waals surface area contributed by atoms with Gasteiger partial charge in [0, 0.05) is 5.56 Å². The van der Waals surface area contributed by atoms with Crippen molar-refractivity contribution in [1.82, 2.24) is 0 Å². The summed E-state index contributed by atoms with van der Waals surface area (Å²) < 4.78 is 13.3. The van der Waals surface area contributed by atoms with E-state index in [1.54, 1.807) is 0 Å². The largest absolute Gasteiger partial charge is 0.392 e. The van der Waals surface area contributed by atoms with Gasteiger partial charge in [-0.1, -0.05) is 11.6 Å². The summed E-state index contributed by atoms with van der Waals surface area (Å²) in [4.78, 5) is 0. The van der Waals surface area contributed by atoms with Gasteiger partial charge in [-0.05, 0) is 42.9 Å². The zero-order valence-electron chi connectivity index (χ0n) is 7.82. The van der Waals surface area contributed by atoms with E-state index in [4.69, 9.17) is 16.7 Å². The molecule has 0 heterocycles. The molecule has 0 saturated carbocycles. The molecule has 0 spiro atoms. The fourth-order valence-electron chi connectivity index (χ4n) is 2.09. The molecule has 2 rings (SSSR count). The summed E-state index contributed by atoms with van der Waals surface area (Å²) in [6.45, 7) is -0.168. The molecule has 0 unspecified atom stereocenters. The molecule has 1 nitrogen and oxygen atoms in total. The number of benzene rings is 1. The normalized spacial score (nSPS) is 15.4. The van der Waals surface area contributed by atoms with Gasteiger partial charge >= 0.3 is 0 Å². The molecule has 0 aliphatic heterocycles. The van der Waals surface area contributed by atoms with Crippen LogP contribution < -0.4 is 0 Å². The summed E-state index contributed by atoms with van der Waals surface area (Å²) in [5.74, 6) is -0.406. The molecule has 1 aromatic rings. The van der Waals surface area contributed by atoms with Crippen LogP contribution in [0.15, 0.2) is 6.07 Å². The summed E-state index contributed by atoms with van der Waals surface area (Å²) in [5, 5.41) is 9.24. The predicted molar refractivity (Wildman–Crippen MR) is 54.0 cm³/mol. The molecular formula is C11H12ClFO. The monoisotopic (exact) mass is 214 g/mol. The van der Waals surface area contributed by atoms with Crippen molar-refractivity contribution in [3.63, 3.8) is 0 Å². The molecular weight excluding hydrogens is 203 g/mol. The molecule has 1 aliphatic carbocycles. The maximum Gasteiger partial charge on any atom is 0.142 e. The van der Waals surface area contributed by atoms with Gasteiger partial charge in [-0.2, -0.15) is 0 Å². The molecule has 1 aliphatic rings. The van der Waals surface area contributed by atoms with Crippen LogP contribution in [0, 0.1) is 5.82 Å². The second kappa shape index (κ2) is 3.87. The number of hydrogen-bond donors (Lipinski definition) is 1. The van der Waals surface area contributed by atoms with E-state index in [1.165, 1.54) is 6.07 Å². The van der Waals surface area contributed by atoms with Crippen molar-refractivity contribution in [2.45, 2.75) is 32.3 Å². The Morgan fingerprint density at radius 1 is 1.36 bits per heavy atom. The van der Waals surface area contributed by atoms with Crippen molar-refractivity contribution in [2.75, 3.05) is 0 Å². The lowest BCUT2D eigenvalue weighted by atomic mass is 9.88. The highest BCUT2D eigenvalue weighted by Gasteiger charge is 2.18. The smallest absolute Gasteiger partial charge is 0.142 e. The highest BCUT2D eigenvalue weighted by atomic mass is 35.5. The number of halogens is 2. The Morgan fingerprint density at radius 2 is 2.07 bits per heavy atom. The number of rotatable bonds is 1. The number of fused-ring (bicyclic) bond motifs is 1. The minimum atomic E-state index is -0.406. The number of hydrogen-bond acceptors (Lipinski definition) is 1. The van der Waals surface area contributed by atoms with E-state index in [0.29, 0.717) is 5.56 Å². The van der Waals surface area contributed by atoms with Gasteiger partial charge in [-0.3, -0.25) is 0 Å². The molecule has 76 valence electrons. The Kier molecular flexibility index (Phi) is 2.75. The molecule has 0 aromatic heterocycles. The summed E-state index contributed by atoms with van der Waals surface area (Å²) in [7, 11) is 0. The third-order valence-corrected chi connectivity index (χ3v) is 3.22. The van der Waals surface area contributed by atoms with Crippen molar-refractivity contribution in [2.24, 2.45) is 0 Å². The van der Waals surface area contributed by atoms with Gasteiger partial charge in [-0.15, -0.1) is 0 Å². The summed E-state index contributed by atoms with van der Waals surface area (Å²) in [6.07, 6.45) is 4.00. The Morgan fingerprint density at radius 3 is 2.79 bits per heavy atom. The van der Waals surface area contributed by atoms with Gasteiger partial charge in [0.25, 0.3) is 0 Å². The van der Waals surface area contributed by atoms with Crippen molar-refractivity contribution in [3.8, 4) is 0 Å². The van der Waals surface area contributed by atoms with Gasteiger partial charge in [0.2, 0.25) is 0 Å². The highest BCUT2D eigenvalue weighted by Crippen LogP contribution is 2.31. The minimum absolute atomic E-state index is 0.0909. The van der Waals surface area contributed by atoms with Crippen LogP contribution in [0.25, 0.3) is 0 Å². The molecule has 3 heteroatoms. The topological polar surface area (TPSA) is 20.2 Å². The van der Waals surface area contributed by atoms with E-state index in [1.807, 2.05) is 0 Å². The predicted octanol–water partition coefficient (Wildman–Crippen LogP) is 2.85. The molecule has 1 N–H and O–H groups in total. The second-order valence-electron chi connectivity index (χ2n) is 3.65. The summed E-state index contributed by atoms with van der Waals surface area (Å²) >= 11 is 5.80. The van der Waals surface area contributed by atoms with Crippen LogP contribution in [0.1, 0.15) is 29.5 Å². The molecule has 0 atom stereocenters. The van der Waals surface area contributed by atoms with Crippen LogP contribution in [-0.2, 0) is 19.4 Å². The van der Waals surface area contributed by atoms with Gasteiger partial charge in [0.15, 0.2) is 0 Å². The van der Waals surface area contributed by atoms with E-state index in [-0.39, 0.29) is 11.6 Å². The highest BCUT2D eigenvalue weighted by molar-refractivity contribution is 6.31. The van der Waals surface area contributed by atoms with Crippen LogP contribution >= 0.6 is 11.6 Å². The lowest BCUT2D eigenvalue weighted by Crippen LogP contribution is -2.08. The quantitative estimate of drug-likeness (QED) is 0.762. The van der Waals surface area contributed by atoms with Crippen LogP contribution in [-0.4, -0.2) is 5.11 Å². The van der Waals surface area contributed by atoms with Gasteiger partial charge in [-0.25, -0.2) is 4.39 Å². The van der Waals surface area contributed by atoms with Crippen molar-refractivity contribution in [1.29, 1.82) is 0 Å². The Labute approximate surface area is 87.5 Å². The van der Waals surface area contributed by atoms with Crippen molar-refractivity contribution in [3.05, 3.63) is 33.6 Å². The van der Waals surface area contributed by atoms with Crippen LogP contribution in [0.4, 0.5) is 4.39 Å². The lowest BCUT2D eigenvalue weighted by Gasteiger charge is -2.19. The fraction of sp³-hybridized carbons (Fsp3) is 0.455. The maximum atomic E-state index is 13.3. The summed E-state index contributed by atoms with van der Waals surface area (Å²) in [6, 6.07) is 1.51. The van der Waals surface area contributed by atoms with Crippen LogP contribution in [0.3, 0.4) is 0 Å². The average Bonchev–Trinajstić information content (AvgIpc) is 2.20. The number of aliphatic hydroxyl groups is 1. The Hall–Kier alpha value is -0.600. The first kappa shape index (κ1) is 9.94. The van der Waals surface area contributed by atoms with E-state index in [0.717, 1.165) is 36.8 Å². The Bertz CT molecular complexity index is 363. The fourth-order valence-corrected chi connectivity index (χ4v) is 2.32. The first-order chi connectivity index (χ1) is 6.74. The van der Waals surface area contributed by atoms with Crippen molar-refractivity contribution >= 4 is 11.6 Å². The SMILES string of the molecule is OCc1c(Cl)c(F)cc2c1CCCC2. The molecule has 0 bridgehead atoms. The molecule has 0 amide bonds. The summed E-state index contributed by atoms with van der Waals surface area (Å²) in [5.41, 5.74) is 2.66. The van der Waals surface area contributed by atoms with E-state index >= 15 is 0 Å². The zero-order valence-corrected chi connectivity index (χ0v) is 8.57. The van der Waals surface area contributed by atoms with E-state index in [9.17, 15) is 4.39 Å².